The predicted octanol–water partition coefficient (Wildman–Crippen LogP) is 2.72. The molecule has 0 spiro atoms. The normalized spacial score (nSPS) is 15.1. The number of nitrogens with zero attached hydrogens (tertiary/aromatic N) is 2. The highest BCUT2D eigenvalue weighted by Gasteiger charge is 2.22. The van der Waals surface area contributed by atoms with Crippen LogP contribution in [0.4, 0.5) is 0 Å². The fourth-order valence-electron chi connectivity index (χ4n) is 2.01. The molecule has 5 heteroatoms. The Bertz CT molecular complexity index is 423. The number of rotatable bonds is 5. The molecule has 2 unspecified atom stereocenters. The molecule has 3 nitrogen and oxygen atoms in total. The van der Waals surface area contributed by atoms with Crippen molar-refractivity contribution in [1.29, 1.82) is 0 Å². The standard InChI is InChI=1S/C12H17N3S2/c1-9(13)12(11-4-3-5-17-11)15(2)6-10-7-16-8-14-10/h3-5,7-9,12H,6,13H2,1-2H3. The molecule has 0 aliphatic heterocycles. The van der Waals surface area contributed by atoms with Crippen molar-refractivity contribution in [2.45, 2.75) is 25.6 Å². The van der Waals surface area contributed by atoms with E-state index >= 15 is 0 Å². The summed E-state index contributed by atoms with van der Waals surface area (Å²) in [6, 6.07) is 4.59. The number of hydrogen-bond donors (Lipinski definition) is 1. The number of thiophene rings is 1. The summed E-state index contributed by atoms with van der Waals surface area (Å²) in [6.45, 7) is 2.90. The van der Waals surface area contributed by atoms with Crippen LogP contribution in [-0.2, 0) is 6.54 Å². The third kappa shape index (κ3) is 3.13. The first-order valence-corrected chi connectivity index (χ1v) is 7.37. The maximum atomic E-state index is 6.10. The monoisotopic (exact) mass is 267 g/mol. The van der Waals surface area contributed by atoms with E-state index in [2.05, 4.69) is 46.7 Å². The Morgan fingerprint density at radius 3 is 2.88 bits per heavy atom. The summed E-state index contributed by atoms with van der Waals surface area (Å²) in [5.74, 6) is 0. The Hall–Kier alpha value is -0.750. The molecule has 2 rings (SSSR count). The molecule has 2 N–H and O–H groups in total. The highest BCUT2D eigenvalue weighted by atomic mass is 32.1. The lowest BCUT2D eigenvalue weighted by atomic mass is 10.1. The molecule has 2 aromatic rings. The topological polar surface area (TPSA) is 42.1 Å². The number of thiazole rings is 1. The van der Waals surface area contributed by atoms with Crippen LogP contribution in [0, 0.1) is 0 Å². The van der Waals surface area contributed by atoms with Gasteiger partial charge in [-0.15, -0.1) is 22.7 Å². The van der Waals surface area contributed by atoms with E-state index in [1.807, 2.05) is 5.51 Å². The van der Waals surface area contributed by atoms with Crippen molar-refractivity contribution in [3.05, 3.63) is 39.0 Å². The maximum Gasteiger partial charge on any atom is 0.0795 e. The molecule has 0 aliphatic carbocycles. The summed E-state index contributed by atoms with van der Waals surface area (Å²) in [4.78, 5) is 7.91. The van der Waals surface area contributed by atoms with Crippen LogP contribution < -0.4 is 5.73 Å². The zero-order valence-electron chi connectivity index (χ0n) is 10.0. The molecule has 0 saturated carbocycles. The largest absolute Gasteiger partial charge is 0.326 e. The van der Waals surface area contributed by atoms with Crippen molar-refractivity contribution in [1.82, 2.24) is 9.88 Å². The van der Waals surface area contributed by atoms with Crippen molar-refractivity contribution in [2.75, 3.05) is 7.05 Å². The van der Waals surface area contributed by atoms with E-state index in [0.717, 1.165) is 12.2 Å². The number of nitrogens with two attached hydrogens (primary N) is 1. The summed E-state index contributed by atoms with van der Waals surface area (Å²) in [5.41, 5.74) is 9.09. The van der Waals surface area contributed by atoms with Crippen LogP contribution in [0.2, 0.25) is 0 Å². The number of likely N-dealkylation sites (N-methyl/N-ethyl adjacent to an activating group) is 1. The summed E-state index contributed by atoms with van der Waals surface area (Å²) in [5, 5.41) is 4.19. The lowest BCUT2D eigenvalue weighted by Crippen LogP contribution is -2.36. The van der Waals surface area contributed by atoms with Crippen molar-refractivity contribution >= 4 is 22.7 Å². The van der Waals surface area contributed by atoms with Gasteiger partial charge in [-0.05, 0) is 25.4 Å². The molecule has 0 aliphatic rings. The van der Waals surface area contributed by atoms with E-state index in [1.165, 1.54) is 4.88 Å². The maximum absolute atomic E-state index is 6.10. The van der Waals surface area contributed by atoms with Gasteiger partial charge in [0, 0.05) is 22.8 Å². The first-order valence-electron chi connectivity index (χ1n) is 5.54. The lowest BCUT2D eigenvalue weighted by Gasteiger charge is -2.29. The van der Waals surface area contributed by atoms with Gasteiger partial charge < -0.3 is 5.73 Å². The van der Waals surface area contributed by atoms with Gasteiger partial charge in [0.15, 0.2) is 0 Å². The molecular weight excluding hydrogens is 250 g/mol. The highest BCUT2D eigenvalue weighted by molar-refractivity contribution is 7.10. The van der Waals surface area contributed by atoms with Gasteiger partial charge in [0.05, 0.1) is 17.2 Å². The molecule has 2 atom stereocenters. The van der Waals surface area contributed by atoms with Crippen molar-refractivity contribution in [3.63, 3.8) is 0 Å². The van der Waals surface area contributed by atoms with Gasteiger partial charge in [-0.2, -0.15) is 0 Å². The molecule has 0 fully saturated rings. The second kappa shape index (κ2) is 5.73. The minimum atomic E-state index is 0.109. The zero-order valence-corrected chi connectivity index (χ0v) is 11.7. The molecule has 0 radical (unpaired) electrons. The van der Waals surface area contributed by atoms with Gasteiger partial charge >= 0.3 is 0 Å². The van der Waals surface area contributed by atoms with E-state index in [4.69, 9.17) is 5.73 Å². The Balaban J connectivity index is 2.11. The second-order valence-electron chi connectivity index (χ2n) is 4.21. The zero-order chi connectivity index (χ0) is 12.3. The van der Waals surface area contributed by atoms with Crippen LogP contribution in [0.5, 0.6) is 0 Å². The Morgan fingerprint density at radius 1 is 1.53 bits per heavy atom. The second-order valence-corrected chi connectivity index (χ2v) is 5.91. The molecule has 0 bridgehead atoms. The van der Waals surface area contributed by atoms with Crippen LogP contribution >= 0.6 is 22.7 Å². The van der Waals surface area contributed by atoms with Gasteiger partial charge in [-0.3, -0.25) is 4.90 Å². The van der Waals surface area contributed by atoms with E-state index in [-0.39, 0.29) is 12.1 Å². The summed E-state index contributed by atoms with van der Waals surface area (Å²) in [6.07, 6.45) is 0. The molecule has 0 aromatic carbocycles. The summed E-state index contributed by atoms with van der Waals surface area (Å²) >= 11 is 3.39. The third-order valence-corrected chi connectivity index (χ3v) is 4.28. The van der Waals surface area contributed by atoms with Crippen molar-refractivity contribution in [3.8, 4) is 0 Å². The molecule has 92 valence electrons. The van der Waals surface area contributed by atoms with Gasteiger partial charge in [-0.1, -0.05) is 6.07 Å². The predicted molar refractivity (Wildman–Crippen MR) is 74.3 cm³/mol. The summed E-state index contributed by atoms with van der Waals surface area (Å²) < 4.78 is 0. The first-order chi connectivity index (χ1) is 8.18. The fraction of sp³-hybridized carbons (Fsp3) is 0.417. The van der Waals surface area contributed by atoms with Crippen LogP contribution in [-0.4, -0.2) is 23.0 Å². The first kappa shape index (κ1) is 12.7. The van der Waals surface area contributed by atoms with E-state index < -0.39 is 0 Å². The molecule has 2 heterocycles. The van der Waals surface area contributed by atoms with Gasteiger partial charge in [0.25, 0.3) is 0 Å². The highest BCUT2D eigenvalue weighted by Crippen LogP contribution is 2.27. The SMILES string of the molecule is CC(N)C(c1cccs1)N(C)Cc1cscn1. The van der Waals surface area contributed by atoms with Gasteiger partial charge in [0.2, 0.25) is 0 Å². The molecular formula is C12H17N3S2. The Kier molecular flexibility index (Phi) is 4.28. The lowest BCUT2D eigenvalue weighted by molar-refractivity contribution is 0.212. The smallest absolute Gasteiger partial charge is 0.0795 e. The van der Waals surface area contributed by atoms with E-state index in [9.17, 15) is 0 Å². The number of hydrogen-bond acceptors (Lipinski definition) is 5. The summed E-state index contributed by atoms with van der Waals surface area (Å²) in [7, 11) is 2.10. The molecule has 0 amide bonds. The Morgan fingerprint density at radius 2 is 2.35 bits per heavy atom. The van der Waals surface area contributed by atoms with Gasteiger partial charge in [0.1, 0.15) is 0 Å². The van der Waals surface area contributed by atoms with Crippen molar-refractivity contribution in [2.24, 2.45) is 5.73 Å². The van der Waals surface area contributed by atoms with Crippen LogP contribution in [0.3, 0.4) is 0 Å². The van der Waals surface area contributed by atoms with E-state index in [0.29, 0.717) is 0 Å². The van der Waals surface area contributed by atoms with E-state index in [1.54, 1.807) is 22.7 Å². The third-order valence-electron chi connectivity index (χ3n) is 2.70. The Labute approximate surface area is 110 Å². The van der Waals surface area contributed by atoms with Gasteiger partial charge in [-0.25, -0.2) is 4.98 Å². The van der Waals surface area contributed by atoms with Crippen molar-refractivity contribution < 1.29 is 0 Å². The molecule has 17 heavy (non-hydrogen) atoms. The van der Waals surface area contributed by atoms with Crippen LogP contribution in [0.15, 0.2) is 28.4 Å². The average molecular weight is 267 g/mol. The quantitative estimate of drug-likeness (QED) is 0.905. The number of aromatic nitrogens is 1. The minimum absolute atomic E-state index is 0.109. The average Bonchev–Trinajstić information content (AvgIpc) is 2.89. The van der Waals surface area contributed by atoms with Crippen LogP contribution in [0.1, 0.15) is 23.5 Å². The van der Waals surface area contributed by atoms with Crippen LogP contribution in [0.25, 0.3) is 0 Å². The minimum Gasteiger partial charge on any atom is -0.326 e. The fourth-order valence-corrected chi connectivity index (χ4v) is 3.56. The molecule has 2 aromatic heterocycles. The molecule has 0 saturated heterocycles.